The van der Waals surface area contributed by atoms with Crippen molar-refractivity contribution in [3.8, 4) is 0 Å². The number of nitrogens with one attached hydrogen (secondary N) is 1. The molecule has 1 rings (SSSR count). The molecular formula is C15H18F2N2O4. The molecule has 0 bridgehead atoms. The van der Waals surface area contributed by atoms with E-state index in [0.717, 1.165) is 12.1 Å². The van der Waals surface area contributed by atoms with E-state index in [-0.39, 0.29) is 18.6 Å². The molecule has 1 aromatic carbocycles. The van der Waals surface area contributed by atoms with Crippen LogP contribution in [0.4, 0.5) is 8.78 Å². The molecular weight excluding hydrogens is 310 g/mol. The first kappa shape index (κ1) is 18.5. The first-order valence-corrected chi connectivity index (χ1v) is 6.98. The Morgan fingerprint density at radius 1 is 1.26 bits per heavy atom. The van der Waals surface area contributed by atoms with E-state index in [9.17, 15) is 23.2 Å². The lowest BCUT2D eigenvalue weighted by Crippen LogP contribution is -2.46. The van der Waals surface area contributed by atoms with Gasteiger partial charge in [-0.1, -0.05) is 6.92 Å². The molecule has 2 amide bonds. The third-order valence-corrected chi connectivity index (χ3v) is 3.11. The number of carbonyl (C=O) groups is 3. The summed E-state index contributed by atoms with van der Waals surface area (Å²) in [4.78, 5) is 35.0. The van der Waals surface area contributed by atoms with E-state index in [1.54, 1.807) is 6.92 Å². The Morgan fingerprint density at radius 2 is 1.91 bits per heavy atom. The minimum atomic E-state index is -1.19. The Hall–Kier alpha value is -2.51. The van der Waals surface area contributed by atoms with E-state index in [1.807, 2.05) is 0 Å². The van der Waals surface area contributed by atoms with E-state index in [0.29, 0.717) is 6.07 Å². The van der Waals surface area contributed by atoms with Crippen LogP contribution in [-0.4, -0.2) is 30.4 Å². The summed E-state index contributed by atoms with van der Waals surface area (Å²) in [5.41, 5.74) is 5.03. The molecule has 0 spiro atoms. The Morgan fingerprint density at radius 3 is 2.43 bits per heavy atom. The quantitative estimate of drug-likeness (QED) is 0.733. The zero-order valence-electron chi connectivity index (χ0n) is 12.8. The smallest absolute Gasteiger partial charge is 0.308 e. The fourth-order valence-corrected chi connectivity index (χ4v) is 1.86. The van der Waals surface area contributed by atoms with E-state index < -0.39 is 41.4 Å². The monoisotopic (exact) mass is 328 g/mol. The second-order valence-electron chi connectivity index (χ2n) is 4.95. The summed E-state index contributed by atoms with van der Waals surface area (Å²) in [6.45, 7) is 3.35. The van der Waals surface area contributed by atoms with Crippen LogP contribution in [0.5, 0.6) is 0 Å². The fourth-order valence-electron chi connectivity index (χ4n) is 1.86. The number of hydrogen-bond acceptors (Lipinski definition) is 4. The fraction of sp³-hybridized carbons (Fsp3) is 0.400. The molecule has 2 atom stereocenters. The van der Waals surface area contributed by atoms with Crippen LogP contribution in [0, 0.1) is 17.6 Å². The van der Waals surface area contributed by atoms with Crippen molar-refractivity contribution in [2.75, 3.05) is 6.61 Å². The van der Waals surface area contributed by atoms with Gasteiger partial charge in [-0.25, -0.2) is 8.78 Å². The second kappa shape index (κ2) is 8.21. The molecule has 6 nitrogen and oxygen atoms in total. The van der Waals surface area contributed by atoms with E-state index in [1.165, 1.54) is 6.92 Å². The minimum Gasteiger partial charge on any atom is -0.466 e. The highest BCUT2D eigenvalue weighted by atomic mass is 19.2. The van der Waals surface area contributed by atoms with Crippen molar-refractivity contribution in [1.82, 2.24) is 5.32 Å². The molecule has 1 aromatic rings. The summed E-state index contributed by atoms with van der Waals surface area (Å²) in [6.07, 6.45) is -0.0659. The van der Waals surface area contributed by atoms with Gasteiger partial charge in [-0.15, -0.1) is 0 Å². The number of benzene rings is 1. The molecule has 0 saturated carbocycles. The predicted octanol–water partition coefficient (Wildman–Crippen LogP) is 1.14. The molecule has 3 N–H and O–H groups in total. The molecule has 0 unspecified atom stereocenters. The normalized spacial score (nSPS) is 13.0. The van der Waals surface area contributed by atoms with Gasteiger partial charge in [0.15, 0.2) is 11.6 Å². The summed E-state index contributed by atoms with van der Waals surface area (Å²) in [7, 11) is 0. The zero-order valence-corrected chi connectivity index (χ0v) is 12.8. The molecule has 126 valence electrons. The van der Waals surface area contributed by atoms with Crippen molar-refractivity contribution in [2.45, 2.75) is 26.3 Å². The van der Waals surface area contributed by atoms with Gasteiger partial charge < -0.3 is 15.8 Å². The number of carbonyl (C=O) groups excluding carboxylic acids is 3. The third-order valence-electron chi connectivity index (χ3n) is 3.11. The molecule has 0 aliphatic rings. The van der Waals surface area contributed by atoms with E-state index in [4.69, 9.17) is 10.5 Å². The van der Waals surface area contributed by atoms with Crippen molar-refractivity contribution < 1.29 is 27.9 Å². The average Bonchev–Trinajstić information content (AvgIpc) is 2.49. The van der Waals surface area contributed by atoms with Gasteiger partial charge in [0.25, 0.3) is 5.91 Å². The first-order chi connectivity index (χ1) is 10.8. The molecule has 0 aromatic heterocycles. The van der Waals surface area contributed by atoms with Gasteiger partial charge in [-0.2, -0.15) is 0 Å². The van der Waals surface area contributed by atoms with Gasteiger partial charge in [-0.3, -0.25) is 14.4 Å². The summed E-state index contributed by atoms with van der Waals surface area (Å²) in [6, 6.07) is 1.43. The lowest BCUT2D eigenvalue weighted by atomic mass is 10.0. The van der Waals surface area contributed by atoms with Gasteiger partial charge in [0.1, 0.15) is 6.04 Å². The molecule has 0 saturated heterocycles. The average molecular weight is 328 g/mol. The van der Waals surface area contributed by atoms with Crippen LogP contribution >= 0.6 is 0 Å². The van der Waals surface area contributed by atoms with Gasteiger partial charge >= 0.3 is 5.97 Å². The molecule has 0 heterocycles. The number of hydrogen-bond donors (Lipinski definition) is 2. The lowest BCUT2D eigenvalue weighted by molar-refractivity contribution is -0.147. The van der Waals surface area contributed by atoms with Gasteiger partial charge in [0.2, 0.25) is 5.91 Å². The van der Waals surface area contributed by atoms with Gasteiger partial charge in [0.05, 0.1) is 12.5 Å². The largest absolute Gasteiger partial charge is 0.466 e. The zero-order chi connectivity index (χ0) is 17.6. The summed E-state index contributed by atoms with van der Waals surface area (Å²) < 4.78 is 30.8. The highest BCUT2D eigenvalue weighted by Gasteiger charge is 2.25. The van der Waals surface area contributed by atoms with E-state index >= 15 is 0 Å². The standard InChI is InChI=1S/C15H18F2N2O4/c1-3-23-15(22)8(2)6-12(13(18)20)19-14(21)9-4-5-10(16)11(17)7-9/h4-5,7-8,12H,3,6H2,1-2H3,(H2,18,20)(H,19,21)/t8-,12-/m0/s1. The van der Waals surface area contributed by atoms with E-state index in [2.05, 4.69) is 5.32 Å². The van der Waals surface area contributed by atoms with Gasteiger partial charge in [0, 0.05) is 5.56 Å². The maximum absolute atomic E-state index is 13.1. The van der Waals surface area contributed by atoms with Crippen LogP contribution in [-0.2, 0) is 14.3 Å². The Balaban J connectivity index is 2.79. The molecule has 0 aliphatic carbocycles. The highest BCUT2D eigenvalue weighted by Crippen LogP contribution is 2.11. The Labute approximate surface area is 132 Å². The number of rotatable bonds is 7. The molecule has 23 heavy (non-hydrogen) atoms. The lowest BCUT2D eigenvalue weighted by Gasteiger charge is -2.19. The van der Waals surface area contributed by atoms with Crippen molar-refractivity contribution in [2.24, 2.45) is 11.7 Å². The maximum Gasteiger partial charge on any atom is 0.308 e. The van der Waals surface area contributed by atoms with Crippen molar-refractivity contribution in [1.29, 1.82) is 0 Å². The number of amides is 2. The van der Waals surface area contributed by atoms with Crippen molar-refractivity contribution in [3.05, 3.63) is 35.4 Å². The number of nitrogens with two attached hydrogens (primary N) is 1. The molecule has 8 heteroatoms. The second-order valence-corrected chi connectivity index (χ2v) is 4.95. The minimum absolute atomic E-state index is 0.0659. The molecule has 0 aliphatic heterocycles. The predicted molar refractivity (Wildman–Crippen MR) is 77.2 cm³/mol. The summed E-state index contributed by atoms with van der Waals surface area (Å²) in [5.74, 6) is -5.13. The van der Waals surface area contributed by atoms with Crippen LogP contribution in [0.3, 0.4) is 0 Å². The Kier molecular flexibility index (Phi) is 6.62. The van der Waals surface area contributed by atoms with Crippen LogP contribution in [0.25, 0.3) is 0 Å². The SMILES string of the molecule is CCOC(=O)[C@@H](C)C[C@H](NC(=O)c1ccc(F)c(F)c1)C(N)=O. The third kappa shape index (κ3) is 5.32. The van der Waals surface area contributed by atoms with Gasteiger partial charge in [-0.05, 0) is 31.5 Å². The number of primary amides is 1. The summed E-state index contributed by atoms with van der Waals surface area (Å²) in [5, 5.41) is 2.30. The first-order valence-electron chi connectivity index (χ1n) is 6.98. The van der Waals surface area contributed by atoms with Crippen LogP contribution < -0.4 is 11.1 Å². The summed E-state index contributed by atoms with van der Waals surface area (Å²) >= 11 is 0. The maximum atomic E-state index is 13.1. The Bertz CT molecular complexity index is 607. The highest BCUT2D eigenvalue weighted by molar-refractivity contribution is 5.97. The number of ether oxygens (including phenoxy) is 1. The van der Waals surface area contributed by atoms with Crippen LogP contribution in [0.15, 0.2) is 18.2 Å². The van der Waals surface area contributed by atoms with Crippen LogP contribution in [0.1, 0.15) is 30.6 Å². The molecule has 0 fully saturated rings. The number of esters is 1. The number of halogens is 2. The topological polar surface area (TPSA) is 98.5 Å². The van der Waals surface area contributed by atoms with Crippen molar-refractivity contribution >= 4 is 17.8 Å². The molecule has 0 radical (unpaired) electrons. The van der Waals surface area contributed by atoms with Crippen LogP contribution in [0.2, 0.25) is 0 Å². The van der Waals surface area contributed by atoms with Crippen molar-refractivity contribution in [3.63, 3.8) is 0 Å².